The zero-order chi connectivity index (χ0) is 23.6. The Morgan fingerprint density at radius 3 is 2.06 bits per heavy atom. The Morgan fingerprint density at radius 2 is 1.48 bits per heavy atom. The summed E-state index contributed by atoms with van der Waals surface area (Å²) in [4.78, 5) is 23.6. The summed E-state index contributed by atoms with van der Waals surface area (Å²) < 4.78 is 0. The maximum absolute atomic E-state index is 13.4. The van der Waals surface area contributed by atoms with E-state index in [0.717, 1.165) is 16.7 Å². The van der Waals surface area contributed by atoms with Crippen molar-refractivity contribution in [3.05, 3.63) is 77.5 Å². The van der Waals surface area contributed by atoms with E-state index in [2.05, 4.69) is 9.97 Å². The normalized spacial score (nSPS) is 10.2. The van der Waals surface area contributed by atoms with E-state index >= 15 is 0 Å². The van der Waals surface area contributed by atoms with Gasteiger partial charge in [0.1, 0.15) is 0 Å². The van der Waals surface area contributed by atoms with Crippen LogP contribution in [0.5, 0.6) is 0 Å². The molecule has 0 aliphatic carbocycles. The van der Waals surface area contributed by atoms with Crippen LogP contribution >= 0.6 is 0 Å². The van der Waals surface area contributed by atoms with Crippen molar-refractivity contribution in [1.82, 2.24) is 14.9 Å². The van der Waals surface area contributed by atoms with Gasteiger partial charge in [-0.05, 0) is 31.9 Å². The van der Waals surface area contributed by atoms with E-state index in [9.17, 15) is 4.79 Å². The van der Waals surface area contributed by atoms with Crippen molar-refractivity contribution in [1.29, 1.82) is 0 Å². The van der Waals surface area contributed by atoms with Gasteiger partial charge in [-0.3, -0.25) is 9.78 Å². The molecule has 0 aliphatic heterocycles. The molecule has 31 heavy (non-hydrogen) atoms. The minimum absolute atomic E-state index is 0.148. The number of rotatable bonds is 4. The number of hydrogen-bond donors (Lipinski definition) is 0. The van der Waals surface area contributed by atoms with E-state index in [1.54, 1.807) is 11.9 Å². The van der Waals surface area contributed by atoms with Gasteiger partial charge in [-0.2, -0.15) is 0 Å². The molecular weight excluding hydrogens is 381 g/mol. The summed E-state index contributed by atoms with van der Waals surface area (Å²) in [5.74, 6) is -0.151. The Bertz CT molecular complexity index is 971. The van der Waals surface area contributed by atoms with Gasteiger partial charge in [0.25, 0.3) is 5.91 Å². The molecule has 4 nitrogen and oxygen atoms in total. The molecule has 3 rings (SSSR count). The summed E-state index contributed by atoms with van der Waals surface area (Å²) in [5, 5.41) is 0. The quantitative estimate of drug-likeness (QED) is 0.543. The molecule has 0 aliphatic rings. The average Bonchev–Trinajstić information content (AvgIpc) is 2.81. The van der Waals surface area contributed by atoms with E-state index in [4.69, 9.17) is 7.85 Å². The fourth-order valence-corrected chi connectivity index (χ4v) is 3.07. The van der Waals surface area contributed by atoms with E-state index in [-0.39, 0.29) is 11.6 Å². The van der Waals surface area contributed by atoms with Crippen LogP contribution < -0.4 is 5.72 Å². The fourth-order valence-electron chi connectivity index (χ4n) is 3.07. The van der Waals surface area contributed by atoms with Crippen LogP contribution in [0.15, 0.2) is 60.8 Å². The zero-order valence-electron chi connectivity index (χ0n) is 20.1. The number of aromatic nitrogens is 2. The molecule has 0 saturated carbocycles. The van der Waals surface area contributed by atoms with Crippen LogP contribution in [0, 0.1) is 6.92 Å². The Kier molecular flexibility index (Phi) is 10.1. The molecule has 3 aromatic rings. The van der Waals surface area contributed by atoms with Gasteiger partial charge in [-0.25, -0.2) is 4.98 Å². The maximum Gasteiger partial charge on any atom is 0.258 e. The molecule has 0 saturated heterocycles. The number of benzene rings is 2. The highest BCUT2D eigenvalue weighted by atomic mass is 16.2. The smallest absolute Gasteiger partial charge is 0.258 e. The van der Waals surface area contributed by atoms with Crippen molar-refractivity contribution in [2.75, 3.05) is 7.05 Å². The first-order valence-electron chi connectivity index (χ1n) is 10.8. The minimum Gasteiger partial charge on any atom is -0.332 e. The summed E-state index contributed by atoms with van der Waals surface area (Å²) in [5.41, 5.74) is 3.59. The predicted molar refractivity (Wildman–Crippen MR) is 132 cm³/mol. The molecule has 0 spiro atoms. The Hall–Kier alpha value is -2.95. The highest BCUT2D eigenvalue weighted by Crippen LogP contribution is 2.30. The van der Waals surface area contributed by atoms with Gasteiger partial charge < -0.3 is 4.90 Å². The summed E-state index contributed by atoms with van der Waals surface area (Å²) in [6.07, 6.45) is 1.52. The molecule has 0 unspecified atom stereocenters. The molecule has 2 radical (unpaired) electrons. The number of hydrogen-bond acceptors (Lipinski definition) is 3. The van der Waals surface area contributed by atoms with E-state index in [1.807, 2.05) is 103 Å². The number of nitrogens with zero attached hydrogens (tertiary/aromatic N) is 3. The second kappa shape index (κ2) is 12.0. The second-order valence-corrected chi connectivity index (χ2v) is 7.09. The van der Waals surface area contributed by atoms with Gasteiger partial charge in [0, 0.05) is 18.8 Å². The van der Waals surface area contributed by atoms with Gasteiger partial charge >= 0.3 is 0 Å². The lowest BCUT2D eigenvalue weighted by Gasteiger charge is -2.36. The molecule has 5 heteroatoms. The van der Waals surface area contributed by atoms with Crippen LogP contribution in [0.2, 0.25) is 0 Å². The molecule has 0 atom stereocenters. The molecule has 1 aromatic heterocycles. The molecule has 1 amide bonds. The van der Waals surface area contributed by atoms with Crippen molar-refractivity contribution >= 4 is 19.5 Å². The van der Waals surface area contributed by atoms with Gasteiger partial charge in [0.05, 0.1) is 22.5 Å². The number of carbonyl (C=O) groups excluding carboxylic acids is 1. The first kappa shape index (κ1) is 26.1. The summed E-state index contributed by atoms with van der Waals surface area (Å²) >= 11 is 0. The van der Waals surface area contributed by atoms with Gasteiger partial charge in [-0.1, -0.05) is 82.3 Å². The van der Waals surface area contributed by atoms with Crippen LogP contribution in [-0.2, 0) is 5.54 Å². The molecular formula is C26H34BN3O. The van der Waals surface area contributed by atoms with Crippen LogP contribution in [-0.4, -0.2) is 35.7 Å². The Labute approximate surface area is 189 Å². The summed E-state index contributed by atoms with van der Waals surface area (Å²) in [7, 11) is 7.62. The van der Waals surface area contributed by atoms with Gasteiger partial charge in [0.15, 0.2) is 7.85 Å². The Morgan fingerprint density at radius 1 is 0.935 bits per heavy atom. The van der Waals surface area contributed by atoms with Crippen molar-refractivity contribution in [2.45, 2.75) is 54.0 Å². The zero-order valence-corrected chi connectivity index (χ0v) is 20.1. The van der Waals surface area contributed by atoms with Gasteiger partial charge in [-0.15, -0.1) is 0 Å². The predicted octanol–water partition coefficient (Wildman–Crippen LogP) is 5.31. The SMILES string of the molecule is CC.CC.[B]c1ncc(C(=O)N(C)C(C)(C)c2ccccc2)c(-c2ccccc2C)n1. The standard InChI is InChI=1S/C22H22BN3O.2C2H6/c1-15-10-8-9-13-17(15)19-18(14-24-21(23)25-19)20(27)26(4)22(2,3)16-11-6-5-7-12-16;2*1-2/h5-14H,1-4H3;2*1-2H3. The first-order chi connectivity index (χ1) is 14.8. The number of amides is 1. The van der Waals surface area contributed by atoms with E-state index in [0.29, 0.717) is 11.3 Å². The molecule has 2 aromatic carbocycles. The van der Waals surface area contributed by atoms with E-state index in [1.165, 1.54) is 6.20 Å². The van der Waals surface area contributed by atoms with Crippen LogP contribution in [0.25, 0.3) is 11.3 Å². The largest absolute Gasteiger partial charge is 0.332 e. The monoisotopic (exact) mass is 415 g/mol. The lowest BCUT2D eigenvalue weighted by atomic mass is 9.91. The van der Waals surface area contributed by atoms with E-state index < -0.39 is 5.54 Å². The first-order valence-corrected chi connectivity index (χ1v) is 10.8. The van der Waals surface area contributed by atoms with Crippen molar-refractivity contribution in [3.8, 4) is 11.3 Å². The summed E-state index contributed by atoms with van der Waals surface area (Å²) in [6.45, 7) is 14.0. The third kappa shape index (κ3) is 6.03. The number of carbonyl (C=O) groups is 1. The topological polar surface area (TPSA) is 46.1 Å². The third-order valence-electron chi connectivity index (χ3n) is 5.06. The molecule has 162 valence electrons. The van der Waals surface area contributed by atoms with Crippen LogP contribution in [0.1, 0.15) is 63.0 Å². The molecule has 0 bridgehead atoms. The van der Waals surface area contributed by atoms with Crippen molar-refractivity contribution in [3.63, 3.8) is 0 Å². The highest BCUT2D eigenvalue weighted by Gasteiger charge is 2.31. The molecule has 1 heterocycles. The highest BCUT2D eigenvalue weighted by molar-refractivity contribution is 6.29. The van der Waals surface area contributed by atoms with Crippen LogP contribution in [0.3, 0.4) is 0 Å². The summed E-state index contributed by atoms with van der Waals surface area (Å²) in [6, 6.07) is 17.8. The molecule has 0 fully saturated rings. The maximum atomic E-state index is 13.4. The fraction of sp³-hybridized carbons (Fsp3) is 0.346. The van der Waals surface area contributed by atoms with Crippen molar-refractivity contribution < 1.29 is 4.79 Å². The lowest BCUT2D eigenvalue weighted by Crippen LogP contribution is -2.43. The van der Waals surface area contributed by atoms with Crippen LogP contribution in [0.4, 0.5) is 0 Å². The number of aryl methyl sites for hydroxylation is 1. The Balaban J connectivity index is 0.00000113. The van der Waals surface area contributed by atoms with Gasteiger partial charge in [0.2, 0.25) is 0 Å². The van der Waals surface area contributed by atoms with Crippen molar-refractivity contribution in [2.24, 2.45) is 0 Å². The second-order valence-electron chi connectivity index (χ2n) is 7.09. The average molecular weight is 415 g/mol. The lowest BCUT2D eigenvalue weighted by molar-refractivity contribution is 0.0622. The third-order valence-corrected chi connectivity index (χ3v) is 5.06. The minimum atomic E-state index is -0.497. The molecule has 0 N–H and O–H groups in total.